The first kappa shape index (κ1) is 31.7. The van der Waals surface area contributed by atoms with Crippen molar-refractivity contribution in [1.29, 1.82) is 0 Å². The van der Waals surface area contributed by atoms with Crippen molar-refractivity contribution in [3.8, 4) is 5.75 Å². The molecule has 0 aliphatic rings. The van der Waals surface area contributed by atoms with Crippen molar-refractivity contribution in [2.75, 3.05) is 0 Å². The molecule has 0 radical (unpaired) electrons. The number of carbonyl (C=O) groups excluding carboxylic acids is 1. The van der Waals surface area contributed by atoms with Crippen LogP contribution in [0.5, 0.6) is 5.75 Å². The van der Waals surface area contributed by atoms with Crippen LogP contribution >= 0.6 is 31.0 Å². The first-order valence-corrected chi connectivity index (χ1v) is 15.3. The number of alkyl carbamates (subject to hydrolysis) is 1. The minimum absolute atomic E-state index is 0.125. The van der Waals surface area contributed by atoms with Gasteiger partial charge in [-0.25, -0.2) is 4.79 Å². The van der Waals surface area contributed by atoms with Crippen LogP contribution in [0.4, 0.5) is 9.18 Å². The monoisotopic (exact) mass is 607 g/mol. The summed E-state index contributed by atoms with van der Waals surface area (Å²) in [6.45, 7) is 5.47. The molecule has 0 saturated carbocycles. The zero-order valence-corrected chi connectivity index (χ0v) is 24.8. The molecule has 3 N–H and O–H groups in total. The van der Waals surface area contributed by atoms with Crippen LogP contribution in [0.1, 0.15) is 38.3 Å². The van der Waals surface area contributed by atoms with Gasteiger partial charge in [-0.15, -0.1) is 0 Å². The summed E-state index contributed by atoms with van der Waals surface area (Å²) in [6, 6.07) is 22.1. The van der Waals surface area contributed by atoms with E-state index in [0.717, 1.165) is 26.7 Å². The Morgan fingerprint density at radius 1 is 1.07 bits per heavy atom. The Morgan fingerprint density at radius 3 is 2.42 bits per heavy atom. The van der Waals surface area contributed by atoms with E-state index in [9.17, 15) is 13.8 Å². The maximum Gasteiger partial charge on any atom is 0.408 e. The summed E-state index contributed by atoms with van der Waals surface area (Å²) in [7, 11) is -5.10. The number of benzene rings is 3. The van der Waals surface area contributed by atoms with Gasteiger partial charge in [-0.05, 0) is 81.1 Å². The largest absolute Gasteiger partial charge is 0.489 e. The number of halogens is 2. The molecule has 0 saturated heterocycles. The second kappa shape index (κ2) is 14.2. The van der Waals surface area contributed by atoms with E-state index in [1.807, 2.05) is 66.7 Å². The first-order valence-electron chi connectivity index (χ1n) is 12.4. The predicted molar refractivity (Wildman–Crippen MR) is 156 cm³/mol. The summed E-state index contributed by atoms with van der Waals surface area (Å²) in [5.41, 5.74) is -0.621. The van der Waals surface area contributed by atoms with Crippen LogP contribution in [0, 0.1) is 0 Å². The molecule has 3 aromatic rings. The van der Waals surface area contributed by atoms with Gasteiger partial charge in [0.15, 0.2) is 0 Å². The topological polar surface area (TPSA) is 105 Å². The fourth-order valence-corrected chi connectivity index (χ4v) is 5.15. The third kappa shape index (κ3) is 11.0. The van der Waals surface area contributed by atoms with Gasteiger partial charge in [0.1, 0.15) is 18.0 Å². The number of aryl methyl sites for hydroxylation is 1. The highest BCUT2D eigenvalue weighted by molar-refractivity contribution is 7.99. The Kier molecular flexibility index (Phi) is 11.3. The lowest BCUT2D eigenvalue weighted by atomic mass is 10.1. The van der Waals surface area contributed by atoms with Crippen molar-refractivity contribution >= 4 is 37.1 Å². The Balaban J connectivity index is 1.65. The molecule has 0 aromatic heterocycles. The van der Waals surface area contributed by atoms with Crippen molar-refractivity contribution in [3.63, 3.8) is 0 Å². The second-order valence-electron chi connectivity index (χ2n) is 9.93. The van der Waals surface area contributed by atoms with Crippen LogP contribution < -0.4 is 10.1 Å². The number of rotatable bonds is 11. The quantitative estimate of drug-likeness (QED) is 0.190. The Hall–Kier alpha value is -2.81. The Morgan fingerprint density at radius 2 is 1.77 bits per heavy atom. The number of hydrogen-bond donors (Lipinski definition) is 3. The lowest BCUT2D eigenvalue weighted by Gasteiger charge is -2.22. The lowest BCUT2D eigenvalue weighted by Crippen LogP contribution is -2.38. The van der Waals surface area contributed by atoms with E-state index in [2.05, 4.69) is 5.32 Å². The molecule has 1 amide bonds. The fraction of sp³-hybridized carbons (Fsp3) is 0.276. The molecule has 3 rings (SSSR count). The van der Waals surface area contributed by atoms with Crippen LogP contribution in [-0.4, -0.2) is 27.5 Å². The van der Waals surface area contributed by atoms with Gasteiger partial charge in [-0.3, -0.25) is 4.57 Å². The molecule has 0 fully saturated rings. The third-order valence-electron chi connectivity index (χ3n) is 5.36. The van der Waals surface area contributed by atoms with E-state index in [4.69, 9.17) is 30.9 Å². The van der Waals surface area contributed by atoms with Crippen molar-refractivity contribution in [2.45, 2.75) is 61.7 Å². The van der Waals surface area contributed by atoms with E-state index in [1.165, 1.54) is 11.8 Å². The molecule has 0 spiro atoms. The number of hydrogen-bond acceptors (Lipinski definition) is 5. The molecule has 1 unspecified atom stereocenters. The highest BCUT2D eigenvalue weighted by Crippen LogP contribution is 2.45. The standard InChI is InChI=1S/C29H32ClFNO6PS/c1-29(2,3)38-28(33)32-22(16-27(31)39(34,35)36)14-12-21-13-15-25(18-26(21)30)40-24-11-7-10-23(17-24)37-19-20-8-5-4-6-9-20/h4-11,13,15-18,22H,12,14,19H2,1-3H3,(H,32,33)(H2,34,35,36)/b27-16+. The average Bonchev–Trinajstić information content (AvgIpc) is 2.86. The molecule has 0 heterocycles. The van der Waals surface area contributed by atoms with Crippen LogP contribution in [0.25, 0.3) is 0 Å². The lowest BCUT2D eigenvalue weighted by molar-refractivity contribution is 0.0512. The molecular weight excluding hydrogens is 576 g/mol. The predicted octanol–water partition coefficient (Wildman–Crippen LogP) is 7.88. The van der Waals surface area contributed by atoms with Gasteiger partial charge in [0.25, 0.3) is 0 Å². The molecule has 214 valence electrons. The third-order valence-corrected chi connectivity index (χ3v) is 7.39. The van der Waals surface area contributed by atoms with Gasteiger partial charge in [0.05, 0.1) is 6.04 Å². The highest BCUT2D eigenvalue weighted by atomic mass is 35.5. The van der Waals surface area contributed by atoms with E-state index in [1.54, 1.807) is 26.8 Å². The van der Waals surface area contributed by atoms with Crippen molar-refractivity contribution in [2.24, 2.45) is 0 Å². The zero-order valence-electron chi connectivity index (χ0n) is 22.3. The summed E-state index contributed by atoms with van der Waals surface area (Å²) < 4.78 is 36.4. The van der Waals surface area contributed by atoms with E-state index in [-0.39, 0.29) is 6.42 Å². The zero-order chi connectivity index (χ0) is 29.3. The van der Waals surface area contributed by atoms with Crippen LogP contribution in [0.2, 0.25) is 5.02 Å². The summed E-state index contributed by atoms with van der Waals surface area (Å²) in [4.78, 5) is 32.3. The van der Waals surface area contributed by atoms with Gasteiger partial charge in [0.2, 0.25) is 5.57 Å². The molecule has 1 atom stereocenters. The molecule has 0 aliphatic heterocycles. The molecule has 40 heavy (non-hydrogen) atoms. The van der Waals surface area contributed by atoms with E-state index >= 15 is 0 Å². The van der Waals surface area contributed by atoms with E-state index < -0.39 is 30.9 Å². The van der Waals surface area contributed by atoms with Crippen LogP contribution in [-0.2, 0) is 22.3 Å². The summed E-state index contributed by atoms with van der Waals surface area (Å²) >= 11 is 8.05. The van der Waals surface area contributed by atoms with E-state index in [0.29, 0.717) is 24.1 Å². The minimum Gasteiger partial charge on any atom is -0.489 e. The first-order chi connectivity index (χ1) is 18.8. The minimum atomic E-state index is -5.10. The molecule has 0 bridgehead atoms. The Bertz CT molecular complexity index is 1380. The van der Waals surface area contributed by atoms with Gasteiger partial charge in [-0.1, -0.05) is 65.8 Å². The molecule has 7 nitrogen and oxygen atoms in total. The molecule has 3 aromatic carbocycles. The maximum atomic E-state index is 14.0. The molecule has 11 heteroatoms. The number of nitrogens with one attached hydrogen (secondary N) is 1. The maximum absolute atomic E-state index is 14.0. The van der Waals surface area contributed by atoms with Crippen molar-refractivity contribution in [3.05, 3.63) is 101 Å². The fourth-order valence-electron chi connectivity index (χ4n) is 3.53. The summed E-state index contributed by atoms with van der Waals surface area (Å²) in [5.74, 6) is 0.746. The number of carbonyl (C=O) groups is 1. The number of amides is 1. The normalized spacial score (nSPS) is 13.0. The average molecular weight is 608 g/mol. The summed E-state index contributed by atoms with van der Waals surface area (Å²) in [6.07, 6.45) is 0.299. The van der Waals surface area contributed by atoms with Gasteiger partial charge in [-0.2, -0.15) is 4.39 Å². The number of ether oxygens (including phenoxy) is 2. The van der Waals surface area contributed by atoms with Crippen LogP contribution in [0.3, 0.4) is 0 Å². The van der Waals surface area contributed by atoms with Crippen LogP contribution in [0.15, 0.2) is 94.2 Å². The molecule has 0 aliphatic carbocycles. The highest BCUT2D eigenvalue weighted by Gasteiger charge is 2.25. The van der Waals surface area contributed by atoms with Crippen molar-refractivity contribution < 1.29 is 33.0 Å². The van der Waals surface area contributed by atoms with Gasteiger partial charge in [0, 0.05) is 14.8 Å². The molecular formula is C29H32ClFNO6PS. The second-order valence-corrected chi connectivity index (χ2v) is 13.0. The van der Waals surface area contributed by atoms with Crippen molar-refractivity contribution in [1.82, 2.24) is 5.32 Å². The smallest absolute Gasteiger partial charge is 0.408 e. The summed E-state index contributed by atoms with van der Waals surface area (Å²) in [5, 5.41) is 2.93. The Labute approximate surface area is 242 Å². The van der Waals surface area contributed by atoms with Gasteiger partial charge < -0.3 is 24.6 Å². The SMILES string of the molecule is CC(C)(C)OC(=O)NC(/C=C(\F)P(=O)(O)O)CCc1ccc(Sc2cccc(OCc3ccccc3)c2)cc1Cl. The van der Waals surface area contributed by atoms with Gasteiger partial charge >= 0.3 is 13.7 Å².